The third kappa shape index (κ3) is 5.58. The first-order chi connectivity index (χ1) is 20.6. The van der Waals surface area contributed by atoms with E-state index in [1.54, 1.807) is 0 Å². The van der Waals surface area contributed by atoms with Gasteiger partial charge in [-0.2, -0.15) is 18.8 Å². The monoisotopic (exact) mass is 762 g/mol. The first-order valence-electron chi connectivity index (χ1n) is 15.1. The van der Waals surface area contributed by atoms with Gasteiger partial charge in [0.1, 0.15) is 0 Å². The van der Waals surface area contributed by atoms with E-state index in [9.17, 15) is 4.79 Å². The summed E-state index contributed by atoms with van der Waals surface area (Å²) in [6, 6.07) is 30.5. The van der Waals surface area contributed by atoms with Gasteiger partial charge in [0.2, 0.25) is 0 Å². The minimum atomic E-state index is -0.125. The van der Waals surface area contributed by atoms with Crippen LogP contribution in [0.1, 0.15) is 59.9 Å². The number of ketones is 1. The van der Waals surface area contributed by atoms with Crippen LogP contribution < -0.4 is 9.80 Å². The van der Waals surface area contributed by atoms with Crippen LogP contribution in [0.15, 0.2) is 84.6 Å². The number of hydrogen-bond acceptors (Lipinski definition) is 4. The summed E-state index contributed by atoms with van der Waals surface area (Å²) < 4.78 is 2.44. The van der Waals surface area contributed by atoms with Crippen LogP contribution in [0.25, 0.3) is 38.1 Å². The van der Waals surface area contributed by atoms with Crippen LogP contribution in [-0.2, 0) is 30.3 Å². The van der Waals surface area contributed by atoms with E-state index in [0.717, 1.165) is 12.2 Å². The molecule has 229 valence electrons. The van der Waals surface area contributed by atoms with Crippen LogP contribution in [0.5, 0.6) is 0 Å². The average molecular weight is 762 g/mol. The Kier molecular flexibility index (Phi) is 8.80. The summed E-state index contributed by atoms with van der Waals surface area (Å²) in [6.45, 7) is 15.3. The molecule has 44 heavy (non-hydrogen) atoms. The van der Waals surface area contributed by atoms with Crippen molar-refractivity contribution in [2.24, 2.45) is 0 Å². The number of anilines is 3. The Morgan fingerprint density at radius 1 is 0.909 bits per heavy atom. The van der Waals surface area contributed by atoms with E-state index in [1.165, 1.54) is 87.8 Å². The van der Waals surface area contributed by atoms with Gasteiger partial charge in [-0.15, -0.1) is 17.1 Å². The molecule has 0 bridgehead atoms. The third-order valence-electron chi connectivity index (χ3n) is 8.21. The number of unbranched alkanes of at least 4 members (excludes halogenated alkanes) is 1. The summed E-state index contributed by atoms with van der Waals surface area (Å²) >= 11 is 0. The fourth-order valence-corrected chi connectivity index (χ4v) is 6.17. The Morgan fingerprint density at radius 3 is 2.20 bits per heavy atom. The molecule has 0 atom stereocenters. The summed E-state index contributed by atoms with van der Waals surface area (Å²) in [5.74, 6) is -0.0625. The van der Waals surface area contributed by atoms with Gasteiger partial charge in [-0.3, -0.25) is 4.79 Å². The second-order valence-corrected chi connectivity index (χ2v) is 12.6. The van der Waals surface area contributed by atoms with Crippen molar-refractivity contribution in [3.05, 3.63) is 103 Å². The van der Waals surface area contributed by atoms with Gasteiger partial charge in [0.25, 0.3) is 0 Å². The third-order valence-corrected chi connectivity index (χ3v) is 8.21. The molecule has 5 nitrogen and oxygen atoms in total. The zero-order chi connectivity index (χ0) is 30.5. The number of aliphatic hydroxyl groups is 1. The molecule has 0 aliphatic carbocycles. The molecular weight excluding hydrogens is 723 g/mol. The maximum Gasteiger partial charge on any atom is 0.155 e. The minimum absolute atomic E-state index is 0. The van der Waals surface area contributed by atoms with E-state index in [1.807, 2.05) is 0 Å². The number of allylic oxidation sites excluding steroid dienone is 2. The van der Waals surface area contributed by atoms with Crippen LogP contribution in [0.3, 0.4) is 0 Å². The van der Waals surface area contributed by atoms with Gasteiger partial charge in [-0.25, -0.2) is 0 Å². The quantitative estimate of drug-likeness (QED) is 0.108. The summed E-state index contributed by atoms with van der Waals surface area (Å²) in [5, 5.41) is 13.6. The zero-order valence-electron chi connectivity index (χ0n) is 26.2. The van der Waals surface area contributed by atoms with Gasteiger partial charge in [-0.05, 0) is 67.4 Å². The fourth-order valence-electron chi connectivity index (χ4n) is 6.17. The molecule has 1 aliphatic heterocycles. The first-order valence-corrected chi connectivity index (χ1v) is 15.1. The molecule has 0 amide bonds. The van der Waals surface area contributed by atoms with Crippen molar-refractivity contribution in [3.63, 3.8) is 0 Å². The van der Waals surface area contributed by atoms with Crippen LogP contribution in [-0.4, -0.2) is 21.8 Å². The molecule has 1 aliphatic rings. The summed E-state index contributed by atoms with van der Waals surface area (Å²) in [6.07, 6.45) is 3.52. The topological polar surface area (TPSA) is 48.2 Å². The summed E-state index contributed by atoms with van der Waals surface area (Å²) in [7, 11) is 0. The molecule has 6 aromatic rings. The number of rotatable bonds is 5. The van der Waals surface area contributed by atoms with Crippen molar-refractivity contribution in [2.75, 3.05) is 16.3 Å². The number of nitrogens with zero attached hydrogens (tertiary/aromatic N) is 3. The van der Waals surface area contributed by atoms with Crippen molar-refractivity contribution < 1.29 is 30.0 Å². The van der Waals surface area contributed by atoms with Crippen LogP contribution in [0, 0.1) is 12.7 Å². The second kappa shape index (κ2) is 12.3. The average Bonchev–Trinajstić information content (AvgIpc) is 3.61. The van der Waals surface area contributed by atoms with Crippen molar-refractivity contribution in [1.82, 2.24) is 4.40 Å². The number of benzene rings is 4. The van der Waals surface area contributed by atoms with Gasteiger partial charge in [0.05, 0.1) is 5.76 Å². The Bertz CT molecular complexity index is 2000. The SMILES string of the molecule is CC(=O)/C=C(/C)O.CCCCN1[CH-]N(c2[c-]cc3c(c2)c2cc(C(C)(C)C)cc4c5ccccc5n3c24)c2ccccc21.[Ir]. The molecule has 4 aromatic carbocycles. The Labute approximate surface area is 273 Å². The smallest absolute Gasteiger partial charge is 0.155 e. The van der Waals surface area contributed by atoms with Crippen LogP contribution >= 0.6 is 0 Å². The summed E-state index contributed by atoms with van der Waals surface area (Å²) in [5.41, 5.74) is 8.84. The molecule has 0 saturated heterocycles. The number of aromatic nitrogens is 1. The number of hydrogen-bond donors (Lipinski definition) is 1. The normalized spacial score (nSPS) is 13.5. The van der Waals surface area contributed by atoms with Gasteiger partial charge >= 0.3 is 0 Å². The Balaban J connectivity index is 0.000000433. The number of aliphatic hydroxyl groups excluding tert-OH is 1. The number of fused-ring (bicyclic) bond motifs is 7. The van der Waals surface area contributed by atoms with Gasteiger partial charge in [0.15, 0.2) is 5.78 Å². The maximum absolute atomic E-state index is 10.0. The predicted molar refractivity (Wildman–Crippen MR) is 181 cm³/mol. The molecule has 1 radical (unpaired) electrons. The maximum atomic E-state index is 10.0. The van der Waals surface area contributed by atoms with Crippen molar-refractivity contribution in [2.45, 2.75) is 59.8 Å². The molecule has 6 heteroatoms. The first kappa shape index (κ1) is 31.6. The summed E-state index contributed by atoms with van der Waals surface area (Å²) in [4.78, 5) is 14.7. The molecule has 0 unspecified atom stereocenters. The van der Waals surface area contributed by atoms with E-state index in [-0.39, 0.29) is 37.1 Å². The Morgan fingerprint density at radius 2 is 1.57 bits per heavy atom. The zero-order valence-corrected chi connectivity index (χ0v) is 28.6. The molecule has 2 aromatic heterocycles. The van der Waals surface area contributed by atoms with Crippen molar-refractivity contribution >= 4 is 60.9 Å². The fraction of sp³-hybridized carbons (Fsp3) is 0.263. The molecule has 0 fully saturated rings. The van der Waals surface area contributed by atoms with E-state index in [4.69, 9.17) is 5.11 Å². The molecule has 0 spiro atoms. The van der Waals surface area contributed by atoms with E-state index < -0.39 is 0 Å². The molecule has 1 N–H and O–H groups in total. The van der Waals surface area contributed by atoms with Gasteiger partial charge in [-0.1, -0.05) is 76.0 Å². The van der Waals surface area contributed by atoms with Gasteiger partial charge < -0.3 is 19.3 Å². The van der Waals surface area contributed by atoms with Gasteiger partial charge in [0, 0.05) is 59.4 Å². The van der Waals surface area contributed by atoms with Crippen molar-refractivity contribution in [1.29, 1.82) is 0 Å². The van der Waals surface area contributed by atoms with Crippen LogP contribution in [0.4, 0.5) is 17.1 Å². The number of carbonyl (C=O) groups excluding carboxylic acids is 1. The minimum Gasteiger partial charge on any atom is -0.512 e. The van der Waals surface area contributed by atoms with E-state index in [0.29, 0.717) is 0 Å². The second-order valence-electron chi connectivity index (χ2n) is 12.6. The molecule has 7 rings (SSSR count). The molecular formula is C38H39IrN3O2-2. The van der Waals surface area contributed by atoms with Crippen molar-refractivity contribution in [3.8, 4) is 0 Å². The number of carbonyl (C=O) groups is 1. The van der Waals surface area contributed by atoms with E-state index in [2.05, 4.69) is 127 Å². The Hall–Kier alpha value is -3.86. The predicted octanol–water partition coefficient (Wildman–Crippen LogP) is 9.85. The molecule has 0 saturated carbocycles. The van der Waals surface area contributed by atoms with Crippen LogP contribution in [0.2, 0.25) is 0 Å². The standard InChI is InChI=1S/C33H31N3.C5H8O2.Ir/c1-5-6-17-34-21-35(31-14-10-9-13-30(31)34)23-15-16-29-25(20-23)27-19-22(33(2,3)4)18-26-24-11-7-8-12-28(24)36(29)32(26)27;1-4(6)3-5(2)7;/h7-14,16,18-21H,5-6,17H2,1-4H3;3,6H,1-2H3;/q-2;;/b;4-3-;. The number of para-hydroxylation sites is 3. The van der Waals surface area contributed by atoms with E-state index >= 15 is 0 Å². The molecule has 3 heterocycles. The largest absolute Gasteiger partial charge is 0.512 e.